The number of rotatable bonds is 5. The van der Waals surface area contributed by atoms with E-state index in [9.17, 15) is 9.90 Å². The van der Waals surface area contributed by atoms with Crippen molar-refractivity contribution in [3.63, 3.8) is 0 Å². The van der Waals surface area contributed by atoms with Gasteiger partial charge >= 0.3 is 0 Å². The second-order valence-corrected chi connectivity index (χ2v) is 4.72. The molecular formula is C16H16N3O2-. The zero-order valence-corrected chi connectivity index (χ0v) is 11.9. The van der Waals surface area contributed by atoms with Gasteiger partial charge in [-0.3, -0.25) is 5.43 Å². The first-order chi connectivity index (χ1) is 10.1. The lowest BCUT2D eigenvalue weighted by Crippen LogP contribution is -2.22. The number of carbonyl (C=O) groups is 1. The Kier molecular flexibility index (Phi) is 4.56. The number of benzene rings is 2. The largest absolute Gasteiger partial charge is 0.545 e. The summed E-state index contributed by atoms with van der Waals surface area (Å²) in [5.41, 5.74) is 5.57. The maximum Gasteiger partial charge on any atom is 0.0716 e. The summed E-state index contributed by atoms with van der Waals surface area (Å²) < 4.78 is 0. The van der Waals surface area contributed by atoms with Gasteiger partial charge < -0.3 is 14.8 Å². The first-order valence-corrected chi connectivity index (χ1v) is 6.44. The zero-order chi connectivity index (χ0) is 15.2. The lowest BCUT2D eigenvalue weighted by atomic mass is 10.2. The number of carboxylic acid groups (broad SMARTS) is 1. The highest BCUT2D eigenvalue weighted by Gasteiger charge is 1.96. The van der Waals surface area contributed by atoms with Gasteiger partial charge in [-0.15, -0.1) is 0 Å². The van der Waals surface area contributed by atoms with Crippen molar-refractivity contribution < 1.29 is 9.90 Å². The SMILES string of the molecule is CN(C)c1ccc(/C=N\Nc2cccc(C(=O)[O-])c2)cc1. The normalized spacial score (nSPS) is 10.6. The van der Waals surface area contributed by atoms with E-state index in [4.69, 9.17) is 0 Å². The first kappa shape index (κ1) is 14.6. The second kappa shape index (κ2) is 6.56. The Hall–Kier alpha value is -2.82. The Morgan fingerprint density at radius 1 is 1.19 bits per heavy atom. The summed E-state index contributed by atoms with van der Waals surface area (Å²) in [6, 6.07) is 14.2. The summed E-state index contributed by atoms with van der Waals surface area (Å²) in [5, 5.41) is 14.8. The van der Waals surface area contributed by atoms with E-state index in [-0.39, 0.29) is 5.56 Å². The van der Waals surface area contributed by atoms with Crippen molar-refractivity contribution in [2.24, 2.45) is 5.10 Å². The molecule has 2 aromatic rings. The van der Waals surface area contributed by atoms with Crippen molar-refractivity contribution in [1.82, 2.24) is 0 Å². The fourth-order valence-corrected chi connectivity index (χ4v) is 1.76. The minimum atomic E-state index is -1.21. The molecule has 0 aliphatic rings. The van der Waals surface area contributed by atoms with Gasteiger partial charge in [0.1, 0.15) is 0 Å². The van der Waals surface area contributed by atoms with Gasteiger partial charge in [-0.2, -0.15) is 5.10 Å². The lowest BCUT2D eigenvalue weighted by Gasteiger charge is -2.11. The van der Waals surface area contributed by atoms with E-state index in [0.717, 1.165) is 11.3 Å². The molecule has 5 heteroatoms. The van der Waals surface area contributed by atoms with E-state index in [1.165, 1.54) is 12.1 Å². The van der Waals surface area contributed by atoms with Crippen molar-refractivity contribution in [2.75, 3.05) is 24.4 Å². The number of aromatic carboxylic acids is 1. The molecule has 5 nitrogen and oxygen atoms in total. The molecule has 0 bridgehead atoms. The summed E-state index contributed by atoms with van der Waals surface area (Å²) in [6.07, 6.45) is 1.67. The van der Waals surface area contributed by atoms with Crippen LogP contribution in [0.4, 0.5) is 11.4 Å². The number of nitrogens with zero attached hydrogens (tertiary/aromatic N) is 2. The van der Waals surface area contributed by atoms with Crippen molar-refractivity contribution in [2.45, 2.75) is 0 Å². The van der Waals surface area contributed by atoms with E-state index < -0.39 is 5.97 Å². The number of hydrogen-bond acceptors (Lipinski definition) is 5. The first-order valence-electron chi connectivity index (χ1n) is 6.44. The second-order valence-electron chi connectivity index (χ2n) is 4.72. The van der Waals surface area contributed by atoms with Crippen LogP contribution < -0.4 is 15.4 Å². The molecule has 21 heavy (non-hydrogen) atoms. The monoisotopic (exact) mass is 282 g/mol. The van der Waals surface area contributed by atoms with Gasteiger partial charge in [0.15, 0.2) is 0 Å². The van der Waals surface area contributed by atoms with Crippen LogP contribution in [0.5, 0.6) is 0 Å². The van der Waals surface area contributed by atoms with Gasteiger partial charge in [-0.1, -0.05) is 24.3 Å². The Bertz CT molecular complexity index is 649. The highest BCUT2D eigenvalue weighted by molar-refractivity contribution is 5.87. The average Bonchev–Trinajstić information content (AvgIpc) is 2.48. The molecule has 0 saturated carbocycles. The van der Waals surface area contributed by atoms with Crippen LogP contribution in [0.25, 0.3) is 0 Å². The highest BCUT2D eigenvalue weighted by atomic mass is 16.4. The Morgan fingerprint density at radius 2 is 1.90 bits per heavy atom. The van der Waals surface area contributed by atoms with Gasteiger partial charge in [0.05, 0.1) is 17.9 Å². The molecule has 0 amide bonds. The van der Waals surface area contributed by atoms with E-state index in [1.54, 1.807) is 18.3 Å². The van der Waals surface area contributed by atoms with Crippen LogP contribution in [-0.2, 0) is 0 Å². The van der Waals surface area contributed by atoms with Crippen molar-refractivity contribution in [1.29, 1.82) is 0 Å². The molecule has 0 saturated heterocycles. The van der Waals surface area contributed by atoms with Crippen molar-refractivity contribution in [3.8, 4) is 0 Å². The fourth-order valence-electron chi connectivity index (χ4n) is 1.76. The molecule has 0 unspecified atom stereocenters. The van der Waals surface area contributed by atoms with Crippen molar-refractivity contribution in [3.05, 3.63) is 59.7 Å². The molecule has 2 rings (SSSR count). The number of hydrazone groups is 1. The molecule has 0 radical (unpaired) electrons. The number of carboxylic acids is 1. The summed E-state index contributed by atoms with van der Waals surface area (Å²) in [7, 11) is 3.96. The molecule has 0 aromatic heterocycles. The summed E-state index contributed by atoms with van der Waals surface area (Å²) in [5.74, 6) is -1.21. The Morgan fingerprint density at radius 3 is 2.52 bits per heavy atom. The van der Waals surface area contributed by atoms with E-state index >= 15 is 0 Å². The molecule has 0 spiro atoms. The lowest BCUT2D eigenvalue weighted by molar-refractivity contribution is -0.255. The van der Waals surface area contributed by atoms with E-state index in [2.05, 4.69) is 10.5 Å². The summed E-state index contributed by atoms with van der Waals surface area (Å²) >= 11 is 0. The predicted molar refractivity (Wildman–Crippen MR) is 82.8 cm³/mol. The standard InChI is InChI=1S/C16H17N3O2/c1-19(2)15-8-6-12(7-9-15)11-17-18-14-5-3-4-13(10-14)16(20)21/h3-11,18H,1-2H3,(H,20,21)/p-1/b17-11-. The van der Waals surface area contributed by atoms with Crippen LogP contribution in [0, 0.1) is 0 Å². The van der Waals surface area contributed by atoms with Gasteiger partial charge in [0.2, 0.25) is 0 Å². The topological polar surface area (TPSA) is 67.8 Å². The molecule has 0 heterocycles. The third-order valence-corrected chi connectivity index (χ3v) is 2.92. The van der Waals surface area contributed by atoms with Crippen LogP contribution in [0.1, 0.15) is 15.9 Å². The molecule has 0 atom stereocenters. The molecule has 0 aliphatic carbocycles. The predicted octanol–water partition coefficient (Wildman–Crippen LogP) is 1.56. The maximum atomic E-state index is 10.8. The van der Waals surface area contributed by atoms with Crippen LogP contribution in [0.2, 0.25) is 0 Å². The Balaban J connectivity index is 2.02. The van der Waals surface area contributed by atoms with Crippen LogP contribution in [-0.4, -0.2) is 26.3 Å². The smallest absolute Gasteiger partial charge is 0.0716 e. The molecule has 0 fully saturated rings. The molecular weight excluding hydrogens is 266 g/mol. The molecule has 1 N–H and O–H groups in total. The minimum absolute atomic E-state index is 0.116. The van der Waals surface area contributed by atoms with Gasteiger partial charge in [0.25, 0.3) is 0 Å². The molecule has 2 aromatic carbocycles. The number of hydrogen-bond donors (Lipinski definition) is 1. The third-order valence-electron chi connectivity index (χ3n) is 2.92. The fraction of sp³-hybridized carbons (Fsp3) is 0.125. The van der Waals surface area contributed by atoms with E-state index in [1.807, 2.05) is 43.3 Å². The Labute approximate surface area is 123 Å². The average molecular weight is 282 g/mol. The van der Waals surface area contributed by atoms with Crippen LogP contribution in [0.15, 0.2) is 53.6 Å². The minimum Gasteiger partial charge on any atom is -0.545 e. The van der Waals surface area contributed by atoms with Gasteiger partial charge in [-0.05, 0) is 35.4 Å². The quantitative estimate of drug-likeness (QED) is 0.667. The third kappa shape index (κ3) is 4.07. The van der Waals surface area contributed by atoms with E-state index in [0.29, 0.717) is 5.69 Å². The van der Waals surface area contributed by atoms with Crippen LogP contribution in [0.3, 0.4) is 0 Å². The molecule has 0 aliphatic heterocycles. The number of nitrogens with one attached hydrogen (secondary N) is 1. The van der Waals surface area contributed by atoms with Crippen molar-refractivity contribution >= 4 is 23.6 Å². The van der Waals surface area contributed by atoms with Gasteiger partial charge in [-0.25, -0.2) is 0 Å². The van der Waals surface area contributed by atoms with Crippen LogP contribution >= 0.6 is 0 Å². The molecule has 108 valence electrons. The maximum absolute atomic E-state index is 10.8. The summed E-state index contributed by atoms with van der Waals surface area (Å²) in [6.45, 7) is 0. The zero-order valence-electron chi connectivity index (χ0n) is 11.9. The number of anilines is 2. The van der Waals surface area contributed by atoms with Gasteiger partial charge in [0, 0.05) is 19.8 Å². The summed E-state index contributed by atoms with van der Waals surface area (Å²) in [4.78, 5) is 12.8. The highest BCUT2D eigenvalue weighted by Crippen LogP contribution is 2.12. The number of carbonyl (C=O) groups excluding carboxylic acids is 1.